The van der Waals surface area contributed by atoms with Crippen LogP contribution in [0.5, 0.6) is 0 Å². The van der Waals surface area contributed by atoms with Crippen LogP contribution in [0.1, 0.15) is 17.3 Å². The second-order valence-corrected chi connectivity index (χ2v) is 6.77. The molecular formula is C19H12F2N2O3S. The van der Waals surface area contributed by atoms with Crippen LogP contribution in [0.3, 0.4) is 0 Å². The Morgan fingerprint density at radius 2 is 2.00 bits per heavy atom. The van der Waals surface area contributed by atoms with Crippen molar-refractivity contribution in [3.8, 4) is 0 Å². The minimum Gasteiger partial charge on any atom is -0.422 e. The van der Waals surface area contributed by atoms with Crippen molar-refractivity contribution < 1.29 is 18.0 Å². The molecular weight excluding hydrogens is 374 g/mol. The van der Waals surface area contributed by atoms with Crippen LogP contribution < -0.4 is 10.4 Å². The molecule has 5 nitrogen and oxygen atoms in total. The summed E-state index contributed by atoms with van der Waals surface area (Å²) in [5, 5.41) is 0.587. The molecule has 2 heterocycles. The number of aryl methyl sites for hydroxylation is 1. The first-order chi connectivity index (χ1) is 13.0. The van der Waals surface area contributed by atoms with E-state index in [9.17, 15) is 18.4 Å². The number of nitrogens with zero attached hydrogens (tertiary/aromatic N) is 2. The Hall–Kier alpha value is -3.13. The lowest BCUT2D eigenvalue weighted by atomic mass is 10.2. The van der Waals surface area contributed by atoms with Gasteiger partial charge in [0.05, 0.1) is 10.2 Å². The van der Waals surface area contributed by atoms with Crippen molar-refractivity contribution >= 4 is 38.4 Å². The molecule has 0 bridgehead atoms. The van der Waals surface area contributed by atoms with Crippen molar-refractivity contribution in [2.45, 2.75) is 13.5 Å². The molecule has 2 aromatic heterocycles. The minimum absolute atomic E-state index is 0.168. The Labute approximate surface area is 154 Å². The predicted molar refractivity (Wildman–Crippen MR) is 97.8 cm³/mol. The van der Waals surface area contributed by atoms with Crippen LogP contribution in [0.15, 0.2) is 56.7 Å². The fourth-order valence-corrected chi connectivity index (χ4v) is 4.00. The third-order valence-electron chi connectivity index (χ3n) is 4.08. The van der Waals surface area contributed by atoms with Gasteiger partial charge in [0, 0.05) is 18.0 Å². The van der Waals surface area contributed by atoms with Crippen molar-refractivity contribution in [2.75, 3.05) is 0 Å². The van der Waals surface area contributed by atoms with Gasteiger partial charge in [-0.2, -0.15) is 4.99 Å². The Balaban J connectivity index is 1.91. The van der Waals surface area contributed by atoms with Gasteiger partial charge in [-0.3, -0.25) is 4.79 Å². The smallest absolute Gasteiger partial charge is 0.349 e. The van der Waals surface area contributed by atoms with Gasteiger partial charge in [-0.1, -0.05) is 29.5 Å². The number of benzene rings is 2. The second-order valence-electron chi connectivity index (χ2n) is 5.77. The molecule has 1 amide bonds. The summed E-state index contributed by atoms with van der Waals surface area (Å²) in [6.07, 6.45) is 0. The number of hydrogen-bond donors (Lipinski definition) is 0. The lowest BCUT2D eigenvalue weighted by Crippen LogP contribution is -2.19. The number of carbonyl (C=O) groups excluding carboxylic acids is 1. The summed E-state index contributed by atoms with van der Waals surface area (Å²) in [7, 11) is 0. The summed E-state index contributed by atoms with van der Waals surface area (Å²) >= 11 is 0.972. The standard InChI is InChI=1S/C19H12F2N2O3S/c1-2-23-16-13(21)8-11(20)9-15(16)27-19(23)22-17(24)12-7-10-5-3-4-6-14(10)26-18(12)25/h3-9H,2H2,1H3. The number of amides is 1. The van der Waals surface area contributed by atoms with Crippen molar-refractivity contribution in [3.63, 3.8) is 0 Å². The SMILES string of the molecule is CCn1c(=NC(=O)c2cc3ccccc3oc2=O)sc2cc(F)cc(F)c21. The predicted octanol–water partition coefficient (Wildman–Crippen LogP) is 3.85. The lowest BCUT2D eigenvalue weighted by Gasteiger charge is -2.02. The van der Waals surface area contributed by atoms with E-state index in [0.29, 0.717) is 22.2 Å². The summed E-state index contributed by atoms with van der Waals surface area (Å²) in [5.74, 6) is -2.25. The van der Waals surface area contributed by atoms with E-state index in [1.54, 1.807) is 31.2 Å². The van der Waals surface area contributed by atoms with Crippen LogP contribution in [0.2, 0.25) is 0 Å². The third-order valence-corrected chi connectivity index (χ3v) is 5.11. The Bertz CT molecular complexity index is 1330. The second kappa shape index (κ2) is 6.55. The molecule has 136 valence electrons. The summed E-state index contributed by atoms with van der Waals surface area (Å²) in [5.41, 5.74) is -0.493. The van der Waals surface area contributed by atoms with Crippen LogP contribution in [0.25, 0.3) is 21.2 Å². The van der Waals surface area contributed by atoms with Gasteiger partial charge in [0.1, 0.15) is 17.0 Å². The van der Waals surface area contributed by atoms with Gasteiger partial charge < -0.3 is 8.98 Å². The highest BCUT2D eigenvalue weighted by Gasteiger charge is 2.16. The maximum absolute atomic E-state index is 14.2. The molecule has 0 fully saturated rings. The molecule has 4 rings (SSSR count). The highest BCUT2D eigenvalue weighted by atomic mass is 32.1. The van der Waals surface area contributed by atoms with Gasteiger partial charge in [0.25, 0.3) is 5.91 Å². The quantitative estimate of drug-likeness (QED) is 0.492. The first kappa shape index (κ1) is 17.3. The van der Waals surface area contributed by atoms with Gasteiger partial charge in [0.15, 0.2) is 10.6 Å². The van der Waals surface area contributed by atoms with E-state index >= 15 is 0 Å². The Kier molecular flexibility index (Phi) is 4.19. The molecule has 27 heavy (non-hydrogen) atoms. The normalized spacial score (nSPS) is 12.2. The Morgan fingerprint density at radius 1 is 1.22 bits per heavy atom. The highest BCUT2D eigenvalue weighted by Crippen LogP contribution is 2.22. The lowest BCUT2D eigenvalue weighted by molar-refractivity contribution is 0.0994. The average molecular weight is 386 g/mol. The number of halogens is 2. The van der Waals surface area contributed by atoms with Crippen LogP contribution in [-0.2, 0) is 6.54 Å². The largest absolute Gasteiger partial charge is 0.422 e. The number of thiazole rings is 1. The fraction of sp³-hybridized carbons (Fsp3) is 0.105. The van der Waals surface area contributed by atoms with E-state index in [4.69, 9.17) is 4.42 Å². The molecule has 0 radical (unpaired) electrons. The van der Waals surface area contributed by atoms with E-state index in [-0.39, 0.29) is 15.9 Å². The molecule has 0 aliphatic heterocycles. The third kappa shape index (κ3) is 2.97. The van der Waals surface area contributed by atoms with Crippen molar-refractivity contribution in [1.82, 2.24) is 4.57 Å². The van der Waals surface area contributed by atoms with Gasteiger partial charge in [-0.25, -0.2) is 13.6 Å². The number of hydrogen-bond acceptors (Lipinski definition) is 4. The topological polar surface area (TPSA) is 64.6 Å². The maximum Gasteiger partial charge on any atom is 0.349 e. The Morgan fingerprint density at radius 3 is 2.78 bits per heavy atom. The van der Waals surface area contributed by atoms with Crippen LogP contribution in [0, 0.1) is 11.6 Å². The zero-order chi connectivity index (χ0) is 19.1. The summed E-state index contributed by atoms with van der Waals surface area (Å²) in [4.78, 5) is 28.8. The first-order valence-electron chi connectivity index (χ1n) is 8.08. The number of fused-ring (bicyclic) bond motifs is 2. The summed E-state index contributed by atoms with van der Waals surface area (Å²) < 4.78 is 34.6. The summed E-state index contributed by atoms with van der Waals surface area (Å²) in [6, 6.07) is 10.2. The molecule has 0 aliphatic carbocycles. The summed E-state index contributed by atoms with van der Waals surface area (Å²) in [6.45, 7) is 2.07. The maximum atomic E-state index is 14.2. The van der Waals surface area contributed by atoms with Crippen molar-refractivity contribution in [2.24, 2.45) is 4.99 Å². The van der Waals surface area contributed by atoms with Gasteiger partial charge in [0.2, 0.25) is 0 Å². The molecule has 0 N–H and O–H groups in total. The zero-order valence-corrected chi connectivity index (χ0v) is 14.8. The van der Waals surface area contributed by atoms with Crippen molar-refractivity contribution in [3.05, 3.63) is 74.9 Å². The minimum atomic E-state index is -0.802. The number of rotatable bonds is 2. The van der Waals surface area contributed by atoms with Gasteiger partial charge in [-0.15, -0.1) is 0 Å². The zero-order valence-electron chi connectivity index (χ0n) is 14.0. The van der Waals surface area contributed by atoms with E-state index in [2.05, 4.69) is 4.99 Å². The molecule has 0 unspecified atom stereocenters. The van der Waals surface area contributed by atoms with Crippen LogP contribution in [0.4, 0.5) is 8.78 Å². The average Bonchev–Trinajstić information content (AvgIpc) is 2.98. The monoisotopic (exact) mass is 386 g/mol. The van der Waals surface area contributed by atoms with Gasteiger partial charge in [-0.05, 0) is 25.1 Å². The number of carbonyl (C=O) groups is 1. The first-order valence-corrected chi connectivity index (χ1v) is 8.90. The van der Waals surface area contributed by atoms with E-state index in [1.807, 2.05) is 0 Å². The molecule has 2 aromatic carbocycles. The molecule has 0 atom stereocenters. The highest BCUT2D eigenvalue weighted by molar-refractivity contribution is 7.16. The number of aromatic nitrogens is 1. The molecule has 8 heteroatoms. The number of para-hydroxylation sites is 1. The molecule has 4 aromatic rings. The van der Waals surface area contributed by atoms with Crippen LogP contribution >= 0.6 is 11.3 Å². The van der Waals surface area contributed by atoms with Crippen LogP contribution in [-0.4, -0.2) is 10.5 Å². The molecule has 0 aliphatic rings. The van der Waals surface area contributed by atoms with E-state index in [1.165, 1.54) is 16.7 Å². The van der Waals surface area contributed by atoms with E-state index in [0.717, 1.165) is 17.4 Å². The van der Waals surface area contributed by atoms with Gasteiger partial charge >= 0.3 is 5.63 Å². The fourth-order valence-electron chi connectivity index (χ4n) is 2.87. The van der Waals surface area contributed by atoms with E-state index < -0.39 is 23.2 Å². The van der Waals surface area contributed by atoms with Crippen molar-refractivity contribution in [1.29, 1.82) is 0 Å². The molecule has 0 saturated heterocycles. The molecule has 0 spiro atoms. The molecule has 0 saturated carbocycles.